The van der Waals surface area contributed by atoms with E-state index in [1.807, 2.05) is 78.9 Å². The lowest BCUT2D eigenvalue weighted by Crippen LogP contribution is -2.44. The van der Waals surface area contributed by atoms with E-state index in [0.29, 0.717) is 17.9 Å². The highest BCUT2D eigenvalue weighted by Gasteiger charge is 2.43. The predicted octanol–water partition coefficient (Wildman–Crippen LogP) is 5.61. The summed E-state index contributed by atoms with van der Waals surface area (Å²) in [5, 5.41) is 9.90. The van der Waals surface area contributed by atoms with Crippen LogP contribution in [0.4, 0.5) is 4.79 Å². The lowest BCUT2D eigenvalue weighted by Gasteiger charge is -2.29. The van der Waals surface area contributed by atoms with Crippen LogP contribution in [-0.4, -0.2) is 44.3 Å². The summed E-state index contributed by atoms with van der Waals surface area (Å²) in [7, 11) is -5.37. The number of carboxylic acid groups (broad SMARTS) is 1. The van der Waals surface area contributed by atoms with Crippen LogP contribution in [-0.2, 0) is 27.1 Å². The van der Waals surface area contributed by atoms with Crippen LogP contribution in [0.25, 0.3) is 11.1 Å². The van der Waals surface area contributed by atoms with Crippen molar-refractivity contribution in [3.8, 4) is 16.9 Å². The van der Waals surface area contributed by atoms with Gasteiger partial charge in [0.15, 0.2) is 0 Å². The van der Waals surface area contributed by atoms with Crippen molar-refractivity contribution in [2.75, 3.05) is 6.61 Å². The zero-order valence-corrected chi connectivity index (χ0v) is 22.8. The number of benzene rings is 4. The molecule has 0 saturated heterocycles. The summed E-state index contributed by atoms with van der Waals surface area (Å²) in [6.07, 6.45) is -1.76. The van der Waals surface area contributed by atoms with E-state index in [2.05, 4.69) is 0 Å². The van der Waals surface area contributed by atoms with Crippen molar-refractivity contribution in [3.63, 3.8) is 0 Å². The Bertz CT molecular complexity index is 1540. The van der Waals surface area contributed by atoms with Crippen LogP contribution in [0.5, 0.6) is 5.75 Å². The van der Waals surface area contributed by atoms with Crippen molar-refractivity contribution in [3.05, 3.63) is 125 Å². The summed E-state index contributed by atoms with van der Waals surface area (Å²) >= 11 is 0. The van der Waals surface area contributed by atoms with Gasteiger partial charge in [0.2, 0.25) is 0 Å². The maximum atomic E-state index is 13.1. The van der Waals surface area contributed by atoms with E-state index < -0.39 is 25.9 Å². The van der Waals surface area contributed by atoms with Gasteiger partial charge >= 0.3 is 19.8 Å². The molecule has 0 radical (unpaired) electrons. The second-order valence-corrected chi connectivity index (χ2v) is 11.1. The Morgan fingerprint density at radius 3 is 1.90 bits per heavy atom. The fraction of sp³-hybridized carbons (Fsp3) is 0.161. The standard InChI is InChI=1S/C31H28NO8P/c33-30(34)29(18-21-14-16-23(17-15-21)39-19-22-8-2-1-3-9-22)32(41(36,37)38)31(35)40-20-28-26-12-6-4-10-24(26)25-11-5-7-13-27(25)28/h1-17,28-29H,18-20H2,(H,33,34)(H2,36,37,38)/t29-/m0/s1. The quantitative estimate of drug-likeness (QED) is 0.209. The fourth-order valence-corrected chi connectivity index (χ4v) is 5.85. The molecule has 1 aliphatic carbocycles. The number of rotatable bonds is 10. The number of aliphatic carboxylic acids is 1. The van der Waals surface area contributed by atoms with Gasteiger partial charge in [-0.3, -0.25) is 0 Å². The molecular weight excluding hydrogens is 545 g/mol. The molecule has 1 atom stereocenters. The lowest BCUT2D eigenvalue weighted by molar-refractivity contribution is -0.141. The van der Waals surface area contributed by atoms with E-state index in [-0.39, 0.29) is 23.6 Å². The van der Waals surface area contributed by atoms with Gasteiger partial charge in [0.05, 0.1) is 0 Å². The highest BCUT2D eigenvalue weighted by Crippen LogP contribution is 2.46. The van der Waals surface area contributed by atoms with Gasteiger partial charge < -0.3 is 24.4 Å². The zero-order chi connectivity index (χ0) is 29.0. The van der Waals surface area contributed by atoms with Gasteiger partial charge in [0, 0.05) is 12.3 Å². The largest absolute Gasteiger partial charge is 0.489 e. The minimum Gasteiger partial charge on any atom is -0.489 e. The van der Waals surface area contributed by atoms with Crippen LogP contribution in [0.2, 0.25) is 0 Å². The summed E-state index contributed by atoms with van der Waals surface area (Å²) in [4.78, 5) is 45.4. The summed E-state index contributed by atoms with van der Waals surface area (Å²) in [6.45, 7) is 0.120. The van der Waals surface area contributed by atoms with Crippen molar-refractivity contribution >= 4 is 19.8 Å². The van der Waals surface area contributed by atoms with Crippen LogP contribution in [0.3, 0.4) is 0 Å². The van der Waals surface area contributed by atoms with Crippen LogP contribution in [0, 0.1) is 0 Å². The van der Waals surface area contributed by atoms with Gasteiger partial charge in [0.1, 0.15) is 25.0 Å². The van der Waals surface area contributed by atoms with Gasteiger partial charge in [-0.25, -0.2) is 14.2 Å². The summed E-state index contributed by atoms with van der Waals surface area (Å²) in [5.74, 6) is -1.41. The molecule has 9 nitrogen and oxygen atoms in total. The molecule has 0 bridgehead atoms. The minimum atomic E-state index is -5.37. The normalized spacial score (nSPS) is 13.1. The lowest BCUT2D eigenvalue weighted by atomic mass is 9.98. The fourth-order valence-electron chi connectivity index (χ4n) is 5.04. The Morgan fingerprint density at radius 1 is 0.780 bits per heavy atom. The molecule has 210 valence electrons. The third-order valence-corrected chi connectivity index (χ3v) is 7.99. The molecule has 10 heteroatoms. The number of nitrogens with zero attached hydrogens (tertiary/aromatic N) is 1. The van der Waals surface area contributed by atoms with Gasteiger partial charge in [-0.1, -0.05) is 91.0 Å². The van der Waals surface area contributed by atoms with Crippen LogP contribution in [0.15, 0.2) is 103 Å². The molecule has 0 heterocycles. The summed E-state index contributed by atoms with van der Waals surface area (Å²) in [6, 6.07) is 29.4. The monoisotopic (exact) mass is 573 g/mol. The third-order valence-electron chi connectivity index (χ3n) is 6.98. The van der Waals surface area contributed by atoms with Crippen molar-refractivity contribution in [2.45, 2.75) is 25.0 Å². The Hall–Kier alpha value is -4.43. The van der Waals surface area contributed by atoms with E-state index in [9.17, 15) is 29.0 Å². The molecule has 0 spiro atoms. The minimum absolute atomic E-state index is 0.0158. The Labute approximate surface area is 236 Å². The van der Waals surface area contributed by atoms with Crippen LogP contribution >= 0.6 is 7.75 Å². The molecule has 3 N–H and O–H groups in total. The van der Waals surface area contributed by atoms with E-state index in [0.717, 1.165) is 27.8 Å². The number of carbonyl (C=O) groups excluding carboxylic acids is 1. The molecule has 0 fully saturated rings. The summed E-state index contributed by atoms with van der Waals surface area (Å²) < 4.78 is 23.6. The number of hydrogen-bond acceptors (Lipinski definition) is 5. The molecule has 4 aromatic rings. The molecule has 4 aromatic carbocycles. The van der Waals surface area contributed by atoms with Crippen molar-refractivity contribution in [2.24, 2.45) is 0 Å². The van der Waals surface area contributed by atoms with E-state index >= 15 is 0 Å². The molecule has 0 aromatic heterocycles. The SMILES string of the molecule is O=C(O)[C@H](Cc1ccc(OCc2ccccc2)cc1)N(C(=O)OCC1c2ccccc2-c2ccccc21)P(=O)(O)O. The molecule has 0 aliphatic heterocycles. The number of fused-ring (bicyclic) bond motifs is 3. The van der Waals surface area contributed by atoms with Crippen LogP contribution < -0.4 is 4.74 Å². The first kappa shape index (κ1) is 28.1. The average molecular weight is 574 g/mol. The Balaban J connectivity index is 1.30. The smallest absolute Gasteiger partial charge is 0.435 e. The predicted molar refractivity (Wildman–Crippen MR) is 151 cm³/mol. The molecule has 41 heavy (non-hydrogen) atoms. The third kappa shape index (κ3) is 6.33. The van der Waals surface area contributed by atoms with E-state index in [1.165, 1.54) is 0 Å². The number of carboxylic acids is 1. The van der Waals surface area contributed by atoms with E-state index in [1.54, 1.807) is 24.3 Å². The van der Waals surface area contributed by atoms with Gasteiger partial charge in [-0.15, -0.1) is 0 Å². The number of carbonyl (C=O) groups is 2. The molecule has 0 unspecified atom stereocenters. The first-order valence-corrected chi connectivity index (χ1v) is 14.5. The average Bonchev–Trinajstić information content (AvgIpc) is 3.28. The first-order chi connectivity index (χ1) is 19.7. The summed E-state index contributed by atoms with van der Waals surface area (Å²) in [5.41, 5.74) is 5.20. The van der Waals surface area contributed by atoms with Crippen molar-refractivity contribution in [1.29, 1.82) is 0 Å². The topological polar surface area (TPSA) is 134 Å². The second-order valence-electron chi connectivity index (χ2n) is 9.64. The highest BCUT2D eigenvalue weighted by molar-refractivity contribution is 7.50. The van der Waals surface area contributed by atoms with Crippen LogP contribution in [0.1, 0.15) is 28.2 Å². The first-order valence-electron chi connectivity index (χ1n) is 12.9. The molecule has 5 rings (SSSR count). The van der Waals surface area contributed by atoms with Gasteiger partial charge in [-0.2, -0.15) is 4.67 Å². The maximum Gasteiger partial charge on any atom is 0.435 e. The van der Waals surface area contributed by atoms with Crippen molar-refractivity contribution < 1.29 is 38.5 Å². The molecule has 0 saturated carbocycles. The van der Waals surface area contributed by atoms with Crippen molar-refractivity contribution in [1.82, 2.24) is 4.67 Å². The highest BCUT2D eigenvalue weighted by atomic mass is 31.2. The number of ether oxygens (including phenoxy) is 2. The Morgan fingerprint density at radius 2 is 1.34 bits per heavy atom. The zero-order valence-electron chi connectivity index (χ0n) is 21.9. The van der Waals surface area contributed by atoms with E-state index in [4.69, 9.17) is 9.47 Å². The molecule has 1 amide bonds. The second kappa shape index (κ2) is 12.0. The number of hydrogen-bond donors (Lipinski definition) is 3. The molecule has 1 aliphatic rings. The maximum absolute atomic E-state index is 13.1. The van der Waals surface area contributed by atoms with Gasteiger partial charge in [0.25, 0.3) is 0 Å². The number of amides is 1. The Kier molecular flexibility index (Phi) is 8.21. The van der Waals surface area contributed by atoms with Gasteiger partial charge in [-0.05, 0) is 45.5 Å². The molecular formula is C31H28NO8P.